The number of hydrogen-bond donors (Lipinski definition) is 1. The lowest BCUT2D eigenvalue weighted by molar-refractivity contribution is 0.280. The van der Waals surface area contributed by atoms with Crippen LogP contribution in [-0.4, -0.2) is 36.5 Å². The first-order chi connectivity index (χ1) is 8.98. The summed E-state index contributed by atoms with van der Waals surface area (Å²) in [7, 11) is -1.70. The van der Waals surface area contributed by atoms with Crippen LogP contribution in [0.4, 0.5) is 0 Å². The lowest BCUT2D eigenvalue weighted by Crippen LogP contribution is -2.34. The van der Waals surface area contributed by atoms with E-state index in [4.69, 9.17) is 0 Å². The maximum absolute atomic E-state index is 12.5. The Morgan fingerprint density at radius 1 is 1.42 bits per heavy atom. The monoisotopic (exact) mass is 283 g/mol. The van der Waals surface area contributed by atoms with Gasteiger partial charge < -0.3 is 0 Å². The summed E-state index contributed by atoms with van der Waals surface area (Å²) in [5.41, 5.74) is 0.611. The molecular formula is C13H21N3O2S. The Kier molecular flexibility index (Phi) is 3.17. The van der Waals surface area contributed by atoms with Crippen molar-refractivity contribution in [1.29, 1.82) is 0 Å². The lowest BCUT2D eigenvalue weighted by atomic mass is 9.89. The quantitative estimate of drug-likeness (QED) is 0.916. The van der Waals surface area contributed by atoms with E-state index < -0.39 is 10.0 Å². The van der Waals surface area contributed by atoms with Crippen molar-refractivity contribution in [1.82, 2.24) is 14.5 Å². The van der Waals surface area contributed by atoms with Gasteiger partial charge in [0, 0.05) is 13.6 Å². The van der Waals surface area contributed by atoms with Crippen molar-refractivity contribution in [2.75, 3.05) is 13.6 Å². The molecule has 6 heteroatoms. The van der Waals surface area contributed by atoms with E-state index in [1.807, 2.05) is 0 Å². The van der Waals surface area contributed by atoms with Crippen LogP contribution < -0.4 is 0 Å². The van der Waals surface area contributed by atoms with Gasteiger partial charge >= 0.3 is 0 Å². The summed E-state index contributed by atoms with van der Waals surface area (Å²) in [6.45, 7) is 2.39. The molecule has 0 spiro atoms. The zero-order valence-electron chi connectivity index (χ0n) is 11.5. The molecule has 5 nitrogen and oxygen atoms in total. The van der Waals surface area contributed by atoms with E-state index in [1.54, 1.807) is 14.0 Å². The first-order valence-electron chi connectivity index (χ1n) is 6.95. The molecule has 0 aliphatic heterocycles. The van der Waals surface area contributed by atoms with Crippen LogP contribution in [0.2, 0.25) is 0 Å². The molecule has 1 N–H and O–H groups in total. The number of nitrogens with one attached hydrogen (secondary N) is 1. The van der Waals surface area contributed by atoms with E-state index in [1.165, 1.54) is 36.2 Å². The topological polar surface area (TPSA) is 66.1 Å². The summed E-state index contributed by atoms with van der Waals surface area (Å²) in [5, 5.41) is 6.50. The lowest BCUT2D eigenvalue weighted by Gasteiger charge is -2.26. The zero-order valence-corrected chi connectivity index (χ0v) is 12.3. The van der Waals surface area contributed by atoms with Gasteiger partial charge in [0.25, 0.3) is 0 Å². The number of fused-ring (bicyclic) bond motifs is 2. The van der Waals surface area contributed by atoms with Crippen molar-refractivity contribution < 1.29 is 8.42 Å². The maximum atomic E-state index is 12.5. The van der Waals surface area contributed by atoms with Gasteiger partial charge in [0.1, 0.15) is 4.90 Å². The third-order valence-electron chi connectivity index (χ3n) is 4.85. The van der Waals surface area contributed by atoms with Crippen LogP contribution >= 0.6 is 0 Å². The van der Waals surface area contributed by atoms with Crippen molar-refractivity contribution in [3.63, 3.8) is 0 Å². The standard InChI is InChI=1S/C13H21N3O2S/c1-9-13(7-14-15-9)19(17,18)16(2)8-12-6-10-3-4-11(12)5-10/h7,10-12H,3-6,8H2,1-2H3,(H,14,15). The fourth-order valence-electron chi connectivity index (χ4n) is 3.80. The summed E-state index contributed by atoms with van der Waals surface area (Å²) >= 11 is 0. The molecule has 2 aliphatic carbocycles. The van der Waals surface area contributed by atoms with Crippen LogP contribution in [0.3, 0.4) is 0 Å². The molecule has 2 saturated carbocycles. The zero-order chi connectivity index (χ0) is 13.6. The van der Waals surface area contributed by atoms with Gasteiger partial charge in [0.15, 0.2) is 0 Å². The third-order valence-corrected chi connectivity index (χ3v) is 6.79. The van der Waals surface area contributed by atoms with Gasteiger partial charge in [-0.25, -0.2) is 12.7 Å². The molecule has 1 heterocycles. The van der Waals surface area contributed by atoms with Crippen molar-refractivity contribution in [3.8, 4) is 0 Å². The molecule has 106 valence electrons. The molecule has 1 aromatic rings. The van der Waals surface area contributed by atoms with Crippen LogP contribution in [0, 0.1) is 24.7 Å². The highest BCUT2D eigenvalue weighted by molar-refractivity contribution is 7.89. The number of aryl methyl sites for hydroxylation is 1. The highest BCUT2D eigenvalue weighted by Crippen LogP contribution is 2.48. The van der Waals surface area contributed by atoms with Crippen LogP contribution in [0.1, 0.15) is 31.4 Å². The Balaban J connectivity index is 1.73. The van der Waals surface area contributed by atoms with Gasteiger partial charge in [0.05, 0.1) is 11.9 Å². The summed E-state index contributed by atoms with van der Waals surface area (Å²) in [6.07, 6.45) is 6.55. The number of H-pyrrole nitrogens is 1. The van der Waals surface area contributed by atoms with Crippen molar-refractivity contribution in [2.24, 2.45) is 17.8 Å². The van der Waals surface area contributed by atoms with Crippen molar-refractivity contribution >= 4 is 10.0 Å². The van der Waals surface area contributed by atoms with Gasteiger partial charge in [0.2, 0.25) is 10.0 Å². The molecule has 2 bridgehead atoms. The Hall–Kier alpha value is -0.880. The first kappa shape index (κ1) is 13.1. The molecule has 2 aliphatic rings. The molecule has 3 unspecified atom stereocenters. The van der Waals surface area contributed by atoms with Crippen molar-refractivity contribution in [2.45, 2.75) is 37.5 Å². The Bertz CT molecular complexity index is 566. The summed E-state index contributed by atoms with van der Waals surface area (Å²) in [5.74, 6) is 2.14. The first-order valence-corrected chi connectivity index (χ1v) is 8.39. The predicted octanol–water partition coefficient (Wildman–Crippen LogP) is 1.77. The summed E-state index contributed by atoms with van der Waals surface area (Å²) < 4.78 is 26.5. The normalized spacial score (nSPS) is 30.4. The molecule has 3 rings (SSSR count). The third kappa shape index (κ3) is 2.21. The van der Waals surface area contributed by atoms with E-state index in [2.05, 4.69) is 10.2 Å². The average molecular weight is 283 g/mol. The summed E-state index contributed by atoms with van der Waals surface area (Å²) in [4.78, 5) is 0.304. The van der Waals surface area contributed by atoms with Crippen LogP contribution in [0.15, 0.2) is 11.1 Å². The number of rotatable bonds is 4. The molecular weight excluding hydrogens is 262 g/mol. The fraction of sp³-hybridized carbons (Fsp3) is 0.769. The van der Waals surface area contributed by atoms with Crippen LogP contribution in [0.5, 0.6) is 0 Å². The SMILES string of the molecule is Cc1[nH]ncc1S(=O)(=O)N(C)CC1CC2CCC1C2. The van der Waals surface area contributed by atoms with E-state index in [0.29, 0.717) is 23.1 Å². The Labute approximate surface area is 114 Å². The molecule has 2 fully saturated rings. The van der Waals surface area contributed by atoms with E-state index >= 15 is 0 Å². The fourth-order valence-corrected chi connectivity index (χ4v) is 5.14. The summed E-state index contributed by atoms with van der Waals surface area (Å²) in [6, 6.07) is 0. The smallest absolute Gasteiger partial charge is 0.246 e. The minimum Gasteiger partial charge on any atom is -0.281 e. The highest BCUT2D eigenvalue weighted by Gasteiger charge is 2.41. The molecule has 0 aromatic carbocycles. The second-order valence-electron chi connectivity index (χ2n) is 6.08. The van der Waals surface area contributed by atoms with Gasteiger partial charge in [-0.05, 0) is 43.9 Å². The Morgan fingerprint density at radius 3 is 2.74 bits per heavy atom. The van der Waals surface area contributed by atoms with Crippen LogP contribution in [0.25, 0.3) is 0 Å². The number of sulfonamides is 1. The number of aromatic nitrogens is 2. The van der Waals surface area contributed by atoms with Gasteiger partial charge in [-0.15, -0.1) is 0 Å². The maximum Gasteiger partial charge on any atom is 0.246 e. The minimum atomic E-state index is -3.39. The number of aromatic amines is 1. The second-order valence-corrected chi connectivity index (χ2v) is 8.09. The van der Waals surface area contributed by atoms with Gasteiger partial charge in [-0.1, -0.05) is 6.42 Å². The largest absolute Gasteiger partial charge is 0.281 e. The average Bonchev–Trinajstić information content (AvgIpc) is 3.04. The Morgan fingerprint density at radius 2 is 2.21 bits per heavy atom. The van der Waals surface area contributed by atoms with Gasteiger partial charge in [-0.2, -0.15) is 5.10 Å². The number of hydrogen-bond acceptors (Lipinski definition) is 3. The van der Waals surface area contributed by atoms with Crippen LogP contribution in [-0.2, 0) is 10.0 Å². The predicted molar refractivity (Wildman–Crippen MR) is 72.1 cm³/mol. The molecule has 0 amide bonds. The highest BCUT2D eigenvalue weighted by atomic mass is 32.2. The minimum absolute atomic E-state index is 0.304. The van der Waals surface area contributed by atoms with E-state index in [-0.39, 0.29) is 0 Å². The molecule has 19 heavy (non-hydrogen) atoms. The second kappa shape index (κ2) is 4.59. The molecule has 0 saturated heterocycles. The molecule has 3 atom stereocenters. The number of nitrogens with zero attached hydrogens (tertiary/aromatic N) is 2. The van der Waals surface area contributed by atoms with E-state index in [0.717, 1.165) is 11.8 Å². The van der Waals surface area contributed by atoms with Gasteiger partial charge in [-0.3, -0.25) is 5.10 Å². The molecule has 0 radical (unpaired) electrons. The van der Waals surface area contributed by atoms with Crippen molar-refractivity contribution in [3.05, 3.63) is 11.9 Å². The molecule has 1 aromatic heterocycles. The van der Waals surface area contributed by atoms with E-state index in [9.17, 15) is 8.42 Å².